The zero-order valence-corrected chi connectivity index (χ0v) is 17.7. The average molecular weight is 435 g/mol. The fraction of sp³-hybridized carbons (Fsp3) is 1.00. The van der Waals surface area contributed by atoms with Gasteiger partial charge in [0.25, 0.3) is 0 Å². The molecule has 0 atom stereocenters. The van der Waals surface area contributed by atoms with E-state index in [4.69, 9.17) is 0 Å². The normalized spacial score (nSPS) is 12.3. The number of rotatable bonds is 11. The van der Waals surface area contributed by atoms with Crippen molar-refractivity contribution in [1.82, 2.24) is 0 Å². The van der Waals surface area contributed by atoms with E-state index in [1.807, 2.05) is 0 Å². The quantitative estimate of drug-likeness (QED) is 0.307. The molecule has 0 N–H and O–H groups in total. The molecule has 0 aromatic carbocycles. The molecule has 0 aliphatic carbocycles. The molecule has 0 aromatic heterocycles. The minimum atomic E-state index is 0. The Balaban J connectivity index is 0. The molecule has 0 aromatic rings. The first kappa shape index (κ1) is 22.0. The molecule has 0 rings (SSSR count). The van der Waals surface area contributed by atoms with E-state index in [-0.39, 0.29) is 22.4 Å². The van der Waals surface area contributed by atoms with Crippen LogP contribution >= 0.6 is 0 Å². The van der Waals surface area contributed by atoms with Crippen LogP contribution in [0, 0.1) is 10.8 Å². The standard InChI is InChI=1S/C18H38.Ta/c1-7-13-14-15-16-18(11-5,12-6)17(8-2,9-3)10-4;/h7-16H2,1-6H3;. The summed E-state index contributed by atoms with van der Waals surface area (Å²) in [5, 5.41) is 0. The summed E-state index contributed by atoms with van der Waals surface area (Å²) >= 11 is 0. The Morgan fingerprint density at radius 3 is 1.26 bits per heavy atom. The second-order valence-corrected chi connectivity index (χ2v) is 6.14. The molecule has 0 aliphatic heterocycles. The van der Waals surface area contributed by atoms with Crippen LogP contribution in [-0.4, -0.2) is 0 Å². The maximum Gasteiger partial charge on any atom is 0 e. The first-order chi connectivity index (χ1) is 8.61. The van der Waals surface area contributed by atoms with Crippen molar-refractivity contribution in [2.24, 2.45) is 10.8 Å². The average Bonchev–Trinajstić information content (AvgIpc) is 2.43. The third-order valence-electron chi connectivity index (χ3n) is 6.02. The smallest absolute Gasteiger partial charge is 0 e. The van der Waals surface area contributed by atoms with Gasteiger partial charge in [0, 0.05) is 22.4 Å². The minimum absolute atomic E-state index is 0. The van der Waals surface area contributed by atoms with Crippen molar-refractivity contribution < 1.29 is 22.4 Å². The molecule has 0 unspecified atom stereocenters. The number of hydrogen-bond acceptors (Lipinski definition) is 0. The van der Waals surface area contributed by atoms with E-state index in [9.17, 15) is 0 Å². The van der Waals surface area contributed by atoms with E-state index < -0.39 is 0 Å². The van der Waals surface area contributed by atoms with Crippen LogP contribution in [0.25, 0.3) is 0 Å². The molecule has 0 saturated carbocycles. The Kier molecular flexibility index (Phi) is 13.2. The van der Waals surface area contributed by atoms with E-state index in [1.165, 1.54) is 64.2 Å². The van der Waals surface area contributed by atoms with E-state index in [0.717, 1.165) is 0 Å². The maximum atomic E-state index is 2.43. The summed E-state index contributed by atoms with van der Waals surface area (Å²) in [6, 6.07) is 0. The third-order valence-corrected chi connectivity index (χ3v) is 6.02. The van der Waals surface area contributed by atoms with E-state index in [1.54, 1.807) is 0 Å². The molecule has 19 heavy (non-hydrogen) atoms. The minimum Gasteiger partial charge on any atom is -0.0654 e. The number of hydrogen-bond donors (Lipinski definition) is 0. The van der Waals surface area contributed by atoms with Gasteiger partial charge in [-0.05, 0) is 49.4 Å². The van der Waals surface area contributed by atoms with E-state index >= 15 is 0 Å². The largest absolute Gasteiger partial charge is 0.0654 e. The van der Waals surface area contributed by atoms with Crippen LogP contribution in [0.3, 0.4) is 0 Å². The van der Waals surface area contributed by atoms with Crippen LogP contribution in [-0.2, 0) is 22.4 Å². The summed E-state index contributed by atoms with van der Waals surface area (Å²) in [6.07, 6.45) is 13.9. The Hall–Kier alpha value is 0.740. The van der Waals surface area contributed by atoms with Gasteiger partial charge in [-0.1, -0.05) is 67.2 Å². The molecular weight excluding hydrogens is 397 g/mol. The van der Waals surface area contributed by atoms with Crippen LogP contribution in [0.15, 0.2) is 0 Å². The Labute approximate surface area is 139 Å². The fourth-order valence-corrected chi connectivity index (χ4v) is 4.38. The van der Waals surface area contributed by atoms with Crippen LogP contribution < -0.4 is 0 Å². The maximum absolute atomic E-state index is 2.43. The van der Waals surface area contributed by atoms with Gasteiger partial charge in [-0.2, -0.15) is 0 Å². The molecule has 1 radical (unpaired) electrons. The molecule has 0 amide bonds. The predicted octanol–water partition coefficient (Wildman–Crippen LogP) is 6.98. The summed E-state index contributed by atoms with van der Waals surface area (Å²) in [5.74, 6) is 0. The topological polar surface area (TPSA) is 0 Å². The van der Waals surface area contributed by atoms with Crippen LogP contribution in [0.1, 0.15) is 106 Å². The first-order valence-electron chi connectivity index (χ1n) is 8.61. The summed E-state index contributed by atoms with van der Waals surface area (Å²) in [6.45, 7) is 14.4. The van der Waals surface area contributed by atoms with Crippen LogP contribution in [0.2, 0.25) is 0 Å². The summed E-state index contributed by atoms with van der Waals surface area (Å²) in [5.41, 5.74) is 1.18. The van der Waals surface area contributed by atoms with Crippen LogP contribution in [0.5, 0.6) is 0 Å². The van der Waals surface area contributed by atoms with Crippen molar-refractivity contribution in [1.29, 1.82) is 0 Å². The van der Waals surface area contributed by atoms with Crippen molar-refractivity contribution in [2.75, 3.05) is 0 Å². The second-order valence-electron chi connectivity index (χ2n) is 6.14. The van der Waals surface area contributed by atoms with Gasteiger partial charge in [0.2, 0.25) is 0 Å². The van der Waals surface area contributed by atoms with Gasteiger partial charge in [0.1, 0.15) is 0 Å². The van der Waals surface area contributed by atoms with E-state index in [0.29, 0.717) is 10.8 Å². The van der Waals surface area contributed by atoms with Gasteiger partial charge in [0.05, 0.1) is 0 Å². The molecule has 1 heteroatoms. The van der Waals surface area contributed by atoms with Gasteiger partial charge in [-0.25, -0.2) is 0 Å². The van der Waals surface area contributed by atoms with Crippen molar-refractivity contribution in [3.05, 3.63) is 0 Å². The molecule has 0 fully saturated rings. The SMILES string of the molecule is CCCCCCC(CC)(CC)C(CC)(CC)CC.[Ta]. The van der Waals surface area contributed by atoms with Crippen molar-refractivity contribution in [2.45, 2.75) is 106 Å². The molecule has 0 heterocycles. The van der Waals surface area contributed by atoms with Crippen molar-refractivity contribution >= 4 is 0 Å². The summed E-state index contributed by atoms with van der Waals surface area (Å²) < 4.78 is 0. The van der Waals surface area contributed by atoms with Gasteiger partial charge in [-0.15, -0.1) is 0 Å². The Morgan fingerprint density at radius 2 is 0.947 bits per heavy atom. The Bertz CT molecular complexity index is 182. The zero-order valence-electron chi connectivity index (χ0n) is 14.5. The van der Waals surface area contributed by atoms with Gasteiger partial charge in [0.15, 0.2) is 0 Å². The monoisotopic (exact) mass is 435 g/mol. The fourth-order valence-electron chi connectivity index (χ4n) is 4.38. The second kappa shape index (κ2) is 11.4. The predicted molar refractivity (Wildman–Crippen MR) is 85.1 cm³/mol. The number of unbranched alkanes of at least 4 members (excludes halogenated alkanes) is 3. The van der Waals surface area contributed by atoms with Gasteiger partial charge in [-0.3, -0.25) is 0 Å². The summed E-state index contributed by atoms with van der Waals surface area (Å²) in [4.78, 5) is 0. The molecule has 0 saturated heterocycles. The van der Waals surface area contributed by atoms with Crippen molar-refractivity contribution in [3.8, 4) is 0 Å². The van der Waals surface area contributed by atoms with Crippen molar-refractivity contribution in [3.63, 3.8) is 0 Å². The molecular formula is C18H38Ta. The molecule has 0 nitrogen and oxygen atoms in total. The molecule has 0 spiro atoms. The van der Waals surface area contributed by atoms with Gasteiger partial charge < -0.3 is 0 Å². The zero-order chi connectivity index (χ0) is 14.1. The van der Waals surface area contributed by atoms with Crippen LogP contribution in [0.4, 0.5) is 0 Å². The Morgan fingerprint density at radius 1 is 0.526 bits per heavy atom. The summed E-state index contributed by atoms with van der Waals surface area (Å²) in [7, 11) is 0. The molecule has 115 valence electrons. The van der Waals surface area contributed by atoms with E-state index in [2.05, 4.69) is 41.5 Å². The molecule has 0 aliphatic rings. The first-order valence-corrected chi connectivity index (χ1v) is 8.61. The third kappa shape index (κ3) is 5.21. The van der Waals surface area contributed by atoms with Gasteiger partial charge >= 0.3 is 0 Å². The molecule has 0 bridgehead atoms.